The zero-order valence-electron chi connectivity index (χ0n) is 8.66. The van der Waals surface area contributed by atoms with Gasteiger partial charge in [0.15, 0.2) is 0 Å². The van der Waals surface area contributed by atoms with Crippen LogP contribution in [-0.4, -0.2) is 22.6 Å². The van der Waals surface area contributed by atoms with Crippen LogP contribution in [0, 0.1) is 0 Å². The van der Waals surface area contributed by atoms with Gasteiger partial charge >= 0.3 is 0 Å². The fourth-order valence-electron chi connectivity index (χ4n) is 1.78. The number of hydrogen-bond acceptors (Lipinski definition) is 2. The van der Waals surface area contributed by atoms with E-state index in [1.54, 1.807) is 0 Å². The summed E-state index contributed by atoms with van der Waals surface area (Å²) in [5.74, 6) is 1.14. The topological polar surface area (TPSA) is 29.9 Å². The molecule has 0 amide bonds. The van der Waals surface area contributed by atoms with E-state index in [0.717, 1.165) is 18.8 Å². The fraction of sp³-hybridized carbons (Fsp3) is 0.545. The van der Waals surface area contributed by atoms with Crippen LogP contribution < -0.4 is 5.32 Å². The van der Waals surface area contributed by atoms with Crippen molar-refractivity contribution in [1.29, 1.82) is 0 Å². The molecule has 1 aromatic rings. The Morgan fingerprint density at radius 1 is 1.64 bits per heavy atom. The maximum Gasteiger partial charge on any atom is 0.112 e. The smallest absolute Gasteiger partial charge is 0.112 e. The normalized spacial score (nSPS) is 20.2. The first-order valence-electron chi connectivity index (χ1n) is 5.21. The van der Waals surface area contributed by atoms with Crippen molar-refractivity contribution in [2.24, 2.45) is 7.05 Å². The van der Waals surface area contributed by atoms with Gasteiger partial charge in [-0.05, 0) is 19.4 Å². The Labute approximate surface area is 84.8 Å². The van der Waals surface area contributed by atoms with Gasteiger partial charge in [-0.3, -0.25) is 0 Å². The van der Waals surface area contributed by atoms with Crippen molar-refractivity contribution in [3.05, 3.63) is 29.9 Å². The second-order valence-corrected chi connectivity index (χ2v) is 3.80. The quantitative estimate of drug-likeness (QED) is 0.713. The second-order valence-electron chi connectivity index (χ2n) is 3.80. The van der Waals surface area contributed by atoms with Crippen LogP contribution in [0.15, 0.2) is 24.0 Å². The third-order valence-electron chi connectivity index (χ3n) is 2.70. The number of hydrogen-bond donors (Lipinski definition) is 1. The predicted molar refractivity (Wildman–Crippen MR) is 57.1 cm³/mol. The molecular weight excluding hydrogens is 174 g/mol. The summed E-state index contributed by atoms with van der Waals surface area (Å²) < 4.78 is 2.08. The average Bonchev–Trinajstić information content (AvgIpc) is 2.63. The molecule has 0 bridgehead atoms. The highest BCUT2D eigenvalue weighted by Gasteiger charge is 2.04. The highest BCUT2D eigenvalue weighted by atomic mass is 15.0. The van der Waals surface area contributed by atoms with Crippen molar-refractivity contribution in [1.82, 2.24) is 14.9 Å². The summed E-state index contributed by atoms with van der Waals surface area (Å²) in [6.45, 7) is 2.23. The van der Waals surface area contributed by atoms with Gasteiger partial charge in [0.2, 0.25) is 0 Å². The largest absolute Gasteiger partial charge is 0.338 e. The molecule has 2 heterocycles. The van der Waals surface area contributed by atoms with Gasteiger partial charge in [0.05, 0.1) is 0 Å². The Morgan fingerprint density at radius 3 is 3.21 bits per heavy atom. The Morgan fingerprint density at radius 2 is 2.57 bits per heavy atom. The molecule has 0 aliphatic carbocycles. The summed E-state index contributed by atoms with van der Waals surface area (Å²) in [5, 5.41) is 3.38. The number of aromatic nitrogens is 2. The minimum Gasteiger partial charge on any atom is -0.338 e. The number of piperidine rings is 1. The van der Waals surface area contributed by atoms with Crippen LogP contribution in [0.25, 0.3) is 0 Å². The van der Waals surface area contributed by atoms with E-state index in [4.69, 9.17) is 0 Å². The first-order valence-corrected chi connectivity index (χ1v) is 5.21. The molecule has 0 aromatic carbocycles. The van der Waals surface area contributed by atoms with E-state index in [0.29, 0.717) is 0 Å². The van der Waals surface area contributed by atoms with E-state index in [2.05, 4.69) is 20.9 Å². The molecule has 0 atom stereocenters. The van der Waals surface area contributed by atoms with Crippen LogP contribution >= 0.6 is 0 Å². The Bertz CT molecular complexity index is 317. The van der Waals surface area contributed by atoms with Gasteiger partial charge in [0, 0.05) is 32.4 Å². The Balaban J connectivity index is 1.95. The lowest BCUT2D eigenvalue weighted by Crippen LogP contribution is -2.23. The molecule has 0 saturated carbocycles. The molecule has 14 heavy (non-hydrogen) atoms. The highest BCUT2D eigenvalue weighted by molar-refractivity contribution is 5.10. The van der Waals surface area contributed by atoms with Crippen LogP contribution in [0.3, 0.4) is 0 Å². The van der Waals surface area contributed by atoms with Crippen molar-refractivity contribution >= 4 is 0 Å². The summed E-state index contributed by atoms with van der Waals surface area (Å²) in [5.41, 5.74) is 1.53. The van der Waals surface area contributed by atoms with E-state index in [1.165, 1.54) is 25.0 Å². The van der Waals surface area contributed by atoms with Crippen molar-refractivity contribution in [2.45, 2.75) is 19.3 Å². The molecule has 3 heteroatoms. The van der Waals surface area contributed by atoms with Crippen molar-refractivity contribution in [3.8, 4) is 0 Å². The standard InChI is InChI=1S/C11H17N3/c1-14-8-7-13-11(14)5-4-10-3-2-6-12-9-10/h4,7-8,12H,2-3,5-6,9H2,1H3/b10-4-. The number of aryl methyl sites for hydroxylation is 1. The zero-order valence-corrected chi connectivity index (χ0v) is 8.66. The van der Waals surface area contributed by atoms with Crippen LogP contribution in [-0.2, 0) is 13.5 Å². The van der Waals surface area contributed by atoms with E-state index in [9.17, 15) is 0 Å². The summed E-state index contributed by atoms with van der Waals surface area (Å²) in [4.78, 5) is 4.30. The van der Waals surface area contributed by atoms with Crippen molar-refractivity contribution in [2.75, 3.05) is 13.1 Å². The molecule has 76 valence electrons. The fourth-order valence-corrected chi connectivity index (χ4v) is 1.78. The predicted octanol–water partition coefficient (Wildman–Crippen LogP) is 1.27. The van der Waals surface area contributed by atoms with Crippen molar-refractivity contribution < 1.29 is 0 Å². The number of nitrogens with zero attached hydrogens (tertiary/aromatic N) is 2. The van der Waals surface area contributed by atoms with Gasteiger partial charge in [-0.15, -0.1) is 0 Å². The first-order chi connectivity index (χ1) is 6.86. The van der Waals surface area contributed by atoms with E-state index in [1.807, 2.05) is 19.4 Å². The molecule has 1 aliphatic rings. The summed E-state index contributed by atoms with van der Waals surface area (Å²) >= 11 is 0. The van der Waals surface area contributed by atoms with Crippen LogP contribution in [0.4, 0.5) is 0 Å². The van der Waals surface area contributed by atoms with Crippen LogP contribution in [0.5, 0.6) is 0 Å². The highest BCUT2D eigenvalue weighted by Crippen LogP contribution is 2.09. The lowest BCUT2D eigenvalue weighted by Gasteiger charge is -2.15. The van der Waals surface area contributed by atoms with Gasteiger partial charge < -0.3 is 9.88 Å². The zero-order chi connectivity index (χ0) is 9.80. The molecule has 1 aliphatic heterocycles. The lowest BCUT2D eigenvalue weighted by molar-refractivity contribution is 0.607. The monoisotopic (exact) mass is 191 g/mol. The molecule has 1 N–H and O–H groups in total. The molecule has 0 unspecified atom stereocenters. The third kappa shape index (κ3) is 2.23. The number of rotatable bonds is 2. The minimum atomic E-state index is 0.959. The molecular formula is C11H17N3. The minimum absolute atomic E-state index is 0.959. The lowest BCUT2D eigenvalue weighted by atomic mass is 10.1. The summed E-state index contributed by atoms with van der Waals surface area (Å²) in [6.07, 6.45) is 9.64. The van der Waals surface area contributed by atoms with Crippen molar-refractivity contribution in [3.63, 3.8) is 0 Å². The molecule has 3 nitrogen and oxygen atoms in total. The molecule has 2 rings (SSSR count). The van der Waals surface area contributed by atoms with Gasteiger partial charge in [0.1, 0.15) is 5.82 Å². The maximum absolute atomic E-state index is 4.30. The number of allylic oxidation sites excluding steroid dienone is 1. The van der Waals surface area contributed by atoms with Gasteiger partial charge in [-0.2, -0.15) is 0 Å². The van der Waals surface area contributed by atoms with Gasteiger partial charge in [-0.25, -0.2) is 4.98 Å². The maximum atomic E-state index is 4.30. The molecule has 0 spiro atoms. The van der Waals surface area contributed by atoms with E-state index < -0.39 is 0 Å². The third-order valence-corrected chi connectivity index (χ3v) is 2.70. The summed E-state index contributed by atoms with van der Waals surface area (Å²) in [7, 11) is 2.04. The molecule has 0 radical (unpaired) electrons. The second kappa shape index (κ2) is 4.42. The molecule has 1 saturated heterocycles. The van der Waals surface area contributed by atoms with E-state index >= 15 is 0 Å². The Kier molecular flexibility index (Phi) is 2.99. The van der Waals surface area contributed by atoms with Crippen LogP contribution in [0.2, 0.25) is 0 Å². The first kappa shape index (κ1) is 9.46. The van der Waals surface area contributed by atoms with Crippen LogP contribution in [0.1, 0.15) is 18.7 Å². The summed E-state index contributed by atoms with van der Waals surface area (Å²) in [6, 6.07) is 0. The number of nitrogens with one attached hydrogen (secondary N) is 1. The Hall–Kier alpha value is -1.09. The number of imidazole rings is 1. The molecule has 1 fully saturated rings. The van der Waals surface area contributed by atoms with E-state index in [-0.39, 0.29) is 0 Å². The average molecular weight is 191 g/mol. The van der Waals surface area contributed by atoms with Gasteiger partial charge in [-0.1, -0.05) is 11.6 Å². The van der Waals surface area contributed by atoms with Gasteiger partial charge in [0.25, 0.3) is 0 Å². The molecule has 1 aromatic heterocycles. The SMILES string of the molecule is Cn1ccnc1C/C=C1/CCCNC1.